The highest BCUT2D eigenvalue weighted by Crippen LogP contribution is 2.33. The highest BCUT2D eigenvalue weighted by molar-refractivity contribution is 14.1. The molecule has 0 aliphatic carbocycles. The van der Waals surface area contributed by atoms with Crippen molar-refractivity contribution in [1.29, 1.82) is 0 Å². The lowest BCUT2D eigenvalue weighted by atomic mass is 10.0. The van der Waals surface area contributed by atoms with Gasteiger partial charge in [0.1, 0.15) is 23.8 Å². The van der Waals surface area contributed by atoms with Gasteiger partial charge in [-0.15, -0.1) is 0 Å². The molecule has 1 aromatic carbocycles. The lowest BCUT2D eigenvalue weighted by molar-refractivity contribution is -0.0683. The number of ether oxygens (including phenoxy) is 1. The van der Waals surface area contributed by atoms with Gasteiger partial charge in [0.2, 0.25) is 0 Å². The van der Waals surface area contributed by atoms with E-state index in [9.17, 15) is 18.4 Å². The number of piperidine rings is 1. The first-order valence-corrected chi connectivity index (χ1v) is 10.3. The first-order valence-electron chi connectivity index (χ1n) is 9.24. The predicted octanol–water partition coefficient (Wildman–Crippen LogP) is 3.39. The van der Waals surface area contributed by atoms with Crippen molar-refractivity contribution in [3.8, 4) is 0 Å². The Bertz CT molecular complexity index is 996. The zero-order chi connectivity index (χ0) is 22.3. The number of carbonyl (C=O) groups is 2. The Morgan fingerprint density at radius 3 is 2.67 bits per heavy atom. The lowest BCUT2D eigenvalue weighted by Gasteiger charge is -2.39. The smallest absolute Gasteiger partial charge is 0.410 e. The molecule has 1 unspecified atom stereocenters. The fraction of sp³-hybridized carbons (Fsp3) is 0.474. The van der Waals surface area contributed by atoms with Crippen LogP contribution >= 0.6 is 22.6 Å². The highest BCUT2D eigenvalue weighted by atomic mass is 127. The quantitative estimate of drug-likeness (QED) is 0.586. The van der Waals surface area contributed by atoms with E-state index >= 15 is 0 Å². The van der Waals surface area contributed by atoms with Gasteiger partial charge in [0.25, 0.3) is 11.8 Å². The number of likely N-dealkylation sites (tertiary alicyclic amines) is 1. The van der Waals surface area contributed by atoms with E-state index in [0.29, 0.717) is 8.96 Å². The van der Waals surface area contributed by atoms with E-state index in [-0.39, 0.29) is 30.0 Å². The van der Waals surface area contributed by atoms with Gasteiger partial charge in [-0.3, -0.25) is 4.79 Å². The van der Waals surface area contributed by atoms with Crippen molar-refractivity contribution < 1.29 is 23.1 Å². The van der Waals surface area contributed by atoms with Gasteiger partial charge in [-0.25, -0.2) is 23.5 Å². The zero-order valence-corrected chi connectivity index (χ0v) is 18.9. The summed E-state index contributed by atoms with van der Waals surface area (Å²) in [6.07, 6.45) is 0.0102. The van der Waals surface area contributed by atoms with Crippen molar-refractivity contribution in [2.24, 2.45) is 5.73 Å². The minimum atomic E-state index is -3.08. The third kappa shape index (κ3) is 4.87. The monoisotopic (exact) mass is 533 g/mol. The Morgan fingerprint density at radius 1 is 1.33 bits per heavy atom. The number of rotatable bonds is 3. The maximum absolute atomic E-state index is 14.7. The van der Waals surface area contributed by atoms with Crippen molar-refractivity contribution >= 4 is 51.3 Å². The Labute approximate surface area is 185 Å². The normalized spacial score (nSPS) is 18.9. The highest BCUT2D eigenvalue weighted by Gasteiger charge is 2.46. The molecule has 162 valence electrons. The van der Waals surface area contributed by atoms with Gasteiger partial charge >= 0.3 is 6.09 Å². The molecule has 0 radical (unpaired) electrons. The molecule has 0 spiro atoms. The van der Waals surface area contributed by atoms with Crippen LogP contribution in [-0.2, 0) is 4.74 Å². The molecule has 30 heavy (non-hydrogen) atoms. The van der Waals surface area contributed by atoms with E-state index in [0.717, 1.165) is 0 Å². The van der Waals surface area contributed by atoms with Crippen molar-refractivity contribution in [3.63, 3.8) is 0 Å². The van der Waals surface area contributed by atoms with Crippen LogP contribution in [0.5, 0.6) is 0 Å². The number of benzene rings is 1. The number of carbonyl (C=O) groups excluding carboxylic acids is 2. The van der Waals surface area contributed by atoms with Gasteiger partial charge in [-0.05, 0) is 55.5 Å². The number of fused-ring (bicyclic) bond motifs is 1. The second-order valence-corrected chi connectivity index (χ2v) is 9.32. The molecule has 2 heterocycles. The zero-order valence-electron chi connectivity index (χ0n) is 16.7. The molecule has 3 rings (SSSR count). The minimum Gasteiger partial charge on any atom is -0.444 e. The summed E-state index contributed by atoms with van der Waals surface area (Å²) in [5.41, 5.74) is 5.14. The van der Waals surface area contributed by atoms with E-state index in [4.69, 9.17) is 10.5 Å². The molecule has 1 aliphatic heterocycles. The molecule has 0 bridgehead atoms. The first-order chi connectivity index (χ1) is 13.9. The summed E-state index contributed by atoms with van der Waals surface area (Å²) in [6, 6.07) is 1.85. The number of alkyl halides is 2. The average Bonchev–Trinajstić information content (AvgIpc) is 2.61. The summed E-state index contributed by atoms with van der Waals surface area (Å²) in [6.45, 7) is 4.76. The molecule has 2 aromatic rings. The number of aromatic nitrogens is 2. The van der Waals surface area contributed by atoms with Gasteiger partial charge in [0.05, 0.1) is 17.6 Å². The summed E-state index contributed by atoms with van der Waals surface area (Å²) in [5.74, 6) is -3.62. The molecule has 1 aromatic heterocycles. The van der Waals surface area contributed by atoms with E-state index in [2.05, 4.69) is 15.3 Å². The SMILES string of the molecule is CC(C)(C)OC(=O)N1CCC(F)(F)C(Nc2ncnc3c(C(N)=O)cc(I)cc23)C1. The first kappa shape index (κ1) is 22.4. The van der Waals surface area contributed by atoms with E-state index < -0.39 is 36.0 Å². The topological polar surface area (TPSA) is 110 Å². The molecule has 2 amide bonds. The molecule has 1 aliphatic rings. The van der Waals surface area contributed by atoms with Gasteiger partial charge < -0.3 is 20.7 Å². The van der Waals surface area contributed by atoms with Crippen LogP contribution in [0.25, 0.3) is 10.9 Å². The molecule has 1 atom stereocenters. The number of nitrogens with two attached hydrogens (primary N) is 1. The fourth-order valence-corrected chi connectivity index (χ4v) is 3.77. The summed E-state index contributed by atoms with van der Waals surface area (Å²) in [7, 11) is 0. The molecule has 3 N–H and O–H groups in total. The van der Waals surface area contributed by atoms with Crippen molar-refractivity contribution in [3.05, 3.63) is 27.6 Å². The van der Waals surface area contributed by atoms with Crippen LogP contribution in [0.1, 0.15) is 37.6 Å². The second-order valence-electron chi connectivity index (χ2n) is 8.07. The van der Waals surface area contributed by atoms with Crippen LogP contribution in [0.3, 0.4) is 0 Å². The van der Waals surface area contributed by atoms with E-state index in [1.54, 1.807) is 32.9 Å². The summed E-state index contributed by atoms with van der Waals surface area (Å²) in [4.78, 5) is 33.5. The summed E-state index contributed by atoms with van der Waals surface area (Å²) >= 11 is 2.00. The third-order valence-corrected chi connectivity index (χ3v) is 5.18. The van der Waals surface area contributed by atoms with Crippen LogP contribution in [0.15, 0.2) is 18.5 Å². The van der Waals surface area contributed by atoms with Crippen LogP contribution in [0.4, 0.5) is 19.4 Å². The van der Waals surface area contributed by atoms with Gasteiger partial charge in [-0.1, -0.05) is 0 Å². The van der Waals surface area contributed by atoms with E-state index in [1.807, 2.05) is 22.6 Å². The number of amides is 2. The minimum absolute atomic E-state index is 0.117. The van der Waals surface area contributed by atoms with Crippen LogP contribution in [-0.4, -0.2) is 57.5 Å². The molecule has 1 saturated heterocycles. The predicted molar refractivity (Wildman–Crippen MR) is 116 cm³/mol. The fourth-order valence-electron chi connectivity index (χ4n) is 3.15. The molecule has 0 saturated carbocycles. The number of nitrogens with one attached hydrogen (secondary N) is 1. The number of hydrogen-bond acceptors (Lipinski definition) is 6. The number of primary amides is 1. The third-order valence-electron chi connectivity index (χ3n) is 4.56. The summed E-state index contributed by atoms with van der Waals surface area (Å²) in [5, 5.41) is 3.14. The summed E-state index contributed by atoms with van der Waals surface area (Å²) < 4.78 is 35.3. The van der Waals surface area contributed by atoms with E-state index in [1.165, 1.54) is 11.2 Å². The number of anilines is 1. The van der Waals surface area contributed by atoms with Crippen LogP contribution in [0, 0.1) is 3.57 Å². The van der Waals surface area contributed by atoms with Gasteiger partial charge in [0.15, 0.2) is 0 Å². The molecule has 8 nitrogen and oxygen atoms in total. The molecule has 11 heteroatoms. The Balaban J connectivity index is 1.92. The van der Waals surface area contributed by atoms with Crippen molar-refractivity contribution in [1.82, 2.24) is 14.9 Å². The van der Waals surface area contributed by atoms with Gasteiger partial charge in [-0.2, -0.15) is 0 Å². The maximum Gasteiger partial charge on any atom is 0.410 e. The van der Waals surface area contributed by atoms with Crippen LogP contribution in [0.2, 0.25) is 0 Å². The molecular formula is C19H22F2IN5O3. The largest absolute Gasteiger partial charge is 0.444 e. The Morgan fingerprint density at radius 2 is 2.03 bits per heavy atom. The number of halogens is 3. The van der Waals surface area contributed by atoms with Gasteiger partial charge in [0, 0.05) is 21.9 Å². The average molecular weight is 533 g/mol. The molecular weight excluding hydrogens is 511 g/mol. The number of nitrogens with zero attached hydrogens (tertiary/aromatic N) is 3. The number of hydrogen-bond donors (Lipinski definition) is 2. The van der Waals surface area contributed by atoms with Crippen molar-refractivity contribution in [2.75, 3.05) is 18.4 Å². The molecule has 1 fully saturated rings. The maximum atomic E-state index is 14.7. The van der Waals surface area contributed by atoms with Crippen molar-refractivity contribution in [2.45, 2.75) is 44.8 Å². The Kier molecular flexibility index (Phi) is 6.03. The standard InChI is InChI=1S/C19H22F2IN5O3/c1-18(2,3)30-17(29)27-5-4-19(20,21)13(8-27)26-16-12-7-10(22)6-11(15(23)28)14(12)24-9-25-16/h6-7,9,13H,4-5,8H2,1-3H3,(H2,23,28)(H,24,25,26). The lowest BCUT2D eigenvalue weighted by Crippen LogP contribution is -2.56. The Hall–Kier alpha value is -2.31. The second kappa shape index (κ2) is 8.08. The van der Waals surface area contributed by atoms with Crippen LogP contribution < -0.4 is 11.1 Å².